The fourth-order valence-electron chi connectivity index (χ4n) is 3.64. The quantitative estimate of drug-likeness (QED) is 0.118. The van der Waals surface area contributed by atoms with Gasteiger partial charge in [0.2, 0.25) is 0 Å². The molecule has 0 rings (SSSR count). The van der Waals surface area contributed by atoms with E-state index in [0.717, 1.165) is 32.1 Å². The van der Waals surface area contributed by atoms with Crippen molar-refractivity contribution in [3.63, 3.8) is 0 Å². The molecule has 0 amide bonds. The van der Waals surface area contributed by atoms with Gasteiger partial charge in [0, 0.05) is 7.11 Å². The summed E-state index contributed by atoms with van der Waals surface area (Å²) in [7, 11) is 1.76. The van der Waals surface area contributed by atoms with Gasteiger partial charge in [-0.25, -0.2) is 0 Å². The molecule has 0 aromatic rings. The van der Waals surface area contributed by atoms with E-state index in [1.807, 2.05) is 0 Å². The lowest BCUT2D eigenvalue weighted by Gasteiger charge is -2.20. The summed E-state index contributed by atoms with van der Waals surface area (Å²) in [6.45, 7) is 21.5. The lowest BCUT2D eigenvalue weighted by Crippen LogP contribution is -2.20. The van der Waals surface area contributed by atoms with Gasteiger partial charge >= 0.3 is 0 Å². The van der Waals surface area contributed by atoms with Crippen molar-refractivity contribution in [2.75, 3.05) is 7.11 Å². The topological polar surface area (TPSA) is 9.23 Å². The molecule has 0 aromatic heterocycles. The maximum absolute atomic E-state index is 5.45. The largest absolute Gasteiger partial charge is 0.378 e. The highest BCUT2D eigenvalue weighted by atomic mass is 16.5. The lowest BCUT2D eigenvalue weighted by atomic mass is 10.0. The third-order valence-electron chi connectivity index (χ3n) is 6.67. The van der Waals surface area contributed by atoms with Crippen molar-refractivity contribution in [3.05, 3.63) is 142 Å². The standard InChI is InChI=1S/C41H60O/c1-34(2)20-14-23-37(5)26-17-29-38(6)27-15-24-35(3)21-12-13-22-36(4)25-16-28-39(7)30-18-31-40(8)32-19-33-41(9,10)42-11/h12-13,15-16,18-22,24-28,30-32H,14,17,23,29,33H2,1-11H3/b13-12-,24-15+,25-16+,30-18+,32-19+,35-21+,36-22+,37-26+,38-27+,39-28+,40-31+. The second kappa shape index (κ2) is 23.4. The van der Waals surface area contributed by atoms with Crippen LogP contribution < -0.4 is 0 Å². The molecule has 0 bridgehead atoms. The molecule has 1 nitrogen and oxygen atoms in total. The van der Waals surface area contributed by atoms with Gasteiger partial charge in [0.15, 0.2) is 0 Å². The van der Waals surface area contributed by atoms with Crippen molar-refractivity contribution in [1.29, 1.82) is 0 Å². The number of rotatable bonds is 18. The molecule has 0 fully saturated rings. The first kappa shape index (κ1) is 38.8. The Morgan fingerprint density at radius 2 is 0.952 bits per heavy atom. The zero-order valence-electron chi connectivity index (χ0n) is 28.8. The molecule has 0 unspecified atom stereocenters. The number of ether oxygens (including phenoxy) is 1. The van der Waals surface area contributed by atoms with Crippen molar-refractivity contribution in [3.8, 4) is 0 Å². The van der Waals surface area contributed by atoms with Crippen LogP contribution in [0.4, 0.5) is 0 Å². The van der Waals surface area contributed by atoms with Crippen LogP contribution in [0, 0.1) is 0 Å². The van der Waals surface area contributed by atoms with Crippen LogP contribution >= 0.6 is 0 Å². The molecular formula is C41H60O. The van der Waals surface area contributed by atoms with E-state index in [0.29, 0.717) is 0 Å². The van der Waals surface area contributed by atoms with E-state index < -0.39 is 0 Å². The maximum atomic E-state index is 5.45. The van der Waals surface area contributed by atoms with Crippen LogP contribution in [0.5, 0.6) is 0 Å². The van der Waals surface area contributed by atoms with Gasteiger partial charge < -0.3 is 4.74 Å². The molecule has 0 aliphatic rings. The smallest absolute Gasteiger partial charge is 0.0657 e. The summed E-state index contributed by atoms with van der Waals surface area (Å²) in [4.78, 5) is 0. The molecule has 0 radical (unpaired) electrons. The predicted molar refractivity (Wildman–Crippen MR) is 192 cm³/mol. The van der Waals surface area contributed by atoms with Crippen molar-refractivity contribution in [2.45, 2.75) is 107 Å². The van der Waals surface area contributed by atoms with E-state index in [4.69, 9.17) is 4.74 Å². The molecule has 0 saturated carbocycles. The van der Waals surface area contributed by atoms with Gasteiger partial charge in [0.1, 0.15) is 0 Å². The maximum Gasteiger partial charge on any atom is 0.0657 e. The molecule has 42 heavy (non-hydrogen) atoms. The van der Waals surface area contributed by atoms with Crippen LogP contribution in [0.15, 0.2) is 142 Å². The molecule has 0 saturated heterocycles. The summed E-state index contributed by atoms with van der Waals surface area (Å²) in [5.41, 5.74) is 9.06. The first-order valence-corrected chi connectivity index (χ1v) is 15.4. The Balaban J connectivity index is 4.66. The van der Waals surface area contributed by atoms with Crippen molar-refractivity contribution in [1.82, 2.24) is 0 Å². The minimum absolute atomic E-state index is 0.118. The summed E-state index contributed by atoms with van der Waals surface area (Å²) < 4.78 is 5.45. The first-order chi connectivity index (χ1) is 19.8. The van der Waals surface area contributed by atoms with E-state index in [1.165, 1.54) is 39.0 Å². The SMILES string of the molecule is COC(C)(C)C/C=C/C(C)=C/C=C/C(C)=C/C=C/C(C)=C/C=C\C=C(C)\C=C\C=C(/C)CC/C=C(\C)CCC=C(C)C. The van der Waals surface area contributed by atoms with Crippen molar-refractivity contribution >= 4 is 0 Å². The molecule has 0 aliphatic carbocycles. The van der Waals surface area contributed by atoms with Gasteiger partial charge in [-0.3, -0.25) is 0 Å². The van der Waals surface area contributed by atoms with Gasteiger partial charge in [-0.15, -0.1) is 0 Å². The fourth-order valence-corrected chi connectivity index (χ4v) is 3.64. The van der Waals surface area contributed by atoms with E-state index >= 15 is 0 Å². The van der Waals surface area contributed by atoms with Crippen LogP contribution in [0.25, 0.3) is 0 Å². The first-order valence-electron chi connectivity index (χ1n) is 15.4. The molecule has 0 atom stereocenters. The second-order valence-electron chi connectivity index (χ2n) is 12.1. The van der Waals surface area contributed by atoms with Crippen molar-refractivity contribution in [2.24, 2.45) is 0 Å². The van der Waals surface area contributed by atoms with Gasteiger partial charge in [0.25, 0.3) is 0 Å². The van der Waals surface area contributed by atoms with Gasteiger partial charge in [-0.2, -0.15) is 0 Å². The summed E-state index contributed by atoms with van der Waals surface area (Å²) in [5.74, 6) is 0. The molecule has 0 heterocycles. The Kier molecular flexibility index (Phi) is 21.6. The van der Waals surface area contributed by atoms with Crippen LogP contribution in [0.2, 0.25) is 0 Å². The summed E-state index contributed by atoms with van der Waals surface area (Å²) in [6.07, 6.45) is 42.2. The Hall–Kier alpha value is -3.16. The number of allylic oxidation sites excluding steroid dienone is 23. The normalized spacial score (nSPS) is 15.5. The van der Waals surface area contributed by atoms with Crippen LogP contribution in [0.1, 0.15) is 101 Å². The third kappa shape index (κ3) is 24.6. The molecule has 230 valence electrons. The lowest BCUT2D eigenvalue weighted by molar-refractivity contribution is 0.0255. The number of hydrogen-bond donors (Lipinski definition) is 0. The monoisotopic (exact) mass is 568 g/mol. The minimum atomic E-state index is -0.118. The predicted octanol–water partition coefficient (Wildman–Crippen LogP) is 12.8. The highest BCUT2D eigenvalue weighted by molar-refractivity contribution is 5.32. The Bertz CT molecular complexity index is 1150. The van der Waals surface area contributed by atoms with E-state index in [-0.39, 0.29) is 5.60 Å². The van der Waals surface area contributed by atoms with Gasteiger partial charge in [0.05, 0.1) is 5.60 Å². The molecule has 0 spiro atoms. The fraction of sp³-hybridized carbons (Fsp3) is 0.415. The Morgan fingerprint density at radius 1 is 0.524 bits per heavy atom. The average Bonchev–Trinajstić information content (AvgIpc) is 2.91. The Labute approximate surface area is 260 Å². The van der Waals surface area contributed by atoms with Crippen LogP contribution in [0.3, 0.4) is 0 Å². The molecular weight excluding hydrogens is 508 g/mol. The van der Waals surface area contributed by atoms with Crippen LogP contribution in [-0.4, -0.2) is 12.7 Å². The molecule has 0 aliphatic heterocycles. The molecule has 0 aromatic carbocycles. The molecule has 1 heteroatoms. The molecule has 0 N–H and O–H groups in total. The second-order valence-corrected chi connectivity index (χ2v) is 12.1. The third-order valence-corrected chi connectivity index (χ3v) is 6.67. The van der Waals surface area contributed by atoms with Gasteiger partial charge in [-0.1, -0.05) is 142 Å². The van der Waals surface area contributed by atoms with Crippen LogP contribution in [-0.2, 0) is 4.74 Å². The highest BCUT2D eigenvalue weighted by Gasteiger charge is 2.12. The minimum Gasteiger partial charge on any atom is -0.378 e. The zero-order valence-corrected chi connectivity index (χ0v) is 28.8. The van der Waals surface area contributed by atoms with Gasteiger partial charge in [-0.05, 0) is 101 Å². The van der Waals surface area contributed by atoms with E-state index in [9.17, 15) is 0 Å². The average molecular weight is 569 g/mol. The summed E-state index contributed by atoms with van der Waals surface area (Å²) in [6, 6.07) is 0. The van der Waals surface area contributed by atoms with E-state index in [2.05, 4.69) is 173 Å². The van der Waals surface area contributed by atoms with E-state index in [1.54, 1.807) is 7.11 Å². The number of hydrogen-bond acceptors (Lipinski definition) is 1. The van der Waals surface area contributed by atoms with Crippen molar-refractivity contribution < 1.29 is 4.74 Å². The zero-order chi connectivity index (χ0) is 31.8. The highest BCUT2D eigenvalue weighted by Crippen LogP contribution is 2.14. The Morgan fingerprint density at radius 3 is 1.45 bits per heavy atom. The number of methoxy groups -OCH3 is 1. The summed E-state index contributed by atoms with van der Waals surface area (Å²) >= 11 is 0. The summed E-state index contributed by atoms with van der Waals surface area (Å²) in [5, 5.41) is 0.